The highest BCUT2D eigenvalue weighted by Gasteiger charge is 2.36. The van der Waals surface area contributed by atoms with Crippen molar-refractivity contribution in [2.45, 2.75) is 61.7 Å². The van der Waals surface area contributed by atoms with Gasteiger partial charge in [0.15, 0.2) is 0 Å². The van der Waals surface area contributed by atoms with Crippen LogP contribution in [0.4, 0.5) is 0 Å². The van der Waals surface area contributed by atoms with Crippen LogP contribution in [0.2, 0.25) is 0 Å². The number of benzene rings is 1. The van der Waals surface area contributed by atoms with Crippen molar-refractivity contribution >= 4 is 17.7 Å². The Labute approximate surface area is 169 Å². The van der Waals surface area contributed by atoms with Crippen molar-refractivity contribution in [3.05, 3.63) is 36.2 Å². The van der Waals surface area contributed by atoms with E-state index in [0.717, 1.165) is 24.4 Å². The highest BCUT2D eigenvalue weighted by atomic mass is 32.2. The van der Waals surface area contributed by atoms with Crippen LogP contribution in [-0.2, 0) is 9.53 Å². The number of rotatable bonds is 5. The molecule has 1 aromatic heterocycles. The Morgan fingerprint density at radius 2 is 1.96 bits per heavy atom. The van der Waals surface area contributed by atoms with Gasteiger partial charge in [-0.3, -0.25) is 4.79 Å². The molecule has 6 nitrogen and oxygen atoms in total. The minimum absolute atomic E-state index is 0.189. The summed E-state index contributed by atoms with van der Waals surface area (Å²) in [6.07, 6.45) is 7.12. The molecule has 7 heteroatoms. The molecule has 1 saturated heterocycles. The first-order valence-corrected chi connectivity index (χ1v) is 11.3. The van der Waals surface area contributed by atoms with Crippen LogP contribution < -0.4 is 0 Å². The largest absolute Gasteiger partial charge is 0.374 e. The molecule has 2 aliphatic carbocycles. The summed E-state index contributed by atoms with van der Waals surface area (Å²) in [5, 5.41) is 5.41. The molecule has 148 valence electrons. The quantitative estimate of drug-likeness (QED) is 0.723. The number of fused-ring (bicyclic) bond motifs is 1. The molecule has 0 spiro atoms. The van der Waals surface area contributed by atoms with Gasteiger partial charge in [-0.2, -0.15) is 0 Å². The Morgan fingerprint density at radius 1 is 1.14 bits per heavy atom. The van der Waals surface area contributed by atoms with E-state index in [2.05, 4.69) is 17.0 Å². The highest BCUT2D eigenvalue weighted by molar-refractivity contribution is 7.99. The normalized spacial score (nSPS) is 24.8. The summed E-state index contributed by atoms with van der Waals surface area (Å²) in [5.74, 6) is 2.11. The maximum atomic E-state index is 12.9. The van der Waals surface area contributed by atoms with Crippen LogP contribution in [-0.4, -0.2) is 56.6 Å². The Balaban J connectivity index is 1.28. The molecule has 3 aliphatic rings. The third-order valence-electron chi connectivity index (χ3n) is 5.93. The fraction of sp³-hybridized carbons (Fsp3) is 0.571. The molecule has 0 bridgehead atoms. The van der Waals surface area contributed by atoms with Gasteiger partial charge in [-0.1, -0.05) is 42.8 Å². The number of hydrogen-bond donors (Lipinski definition) is 0. The number of carbonyl (C=O) groups is 1. The summed E-state index contributed by atoms with van der Waals surface area (Å²) < 4.78 is 7.85. The predicted molar refractivity (Wildman–Crippen MR) is 108 cm³/mol. The molecule has 5 rings (SSSR count). The van der Waals surface area contributed by atoms with Crippen molar-refractivity contribution in [2.75, 3.05) is 18.9 Å². The lowest BCUT2D eigenvalue weighted by Gasteiger charge is -2.43. The van der Waals surface area contributed by atoms with Gasteiger partial charge in [-0.25, -0.2) is 9.67 Å². The van der Waals surface area contributed by atoms with Crippen molar-refractivity contribution in [1.82, 2.24) is 19.7 Å². The molecule has 2 heterocycles. The van der Waals surface area contributed by atoms with Crippen molar-refractivity contribution < 1.29 is 9.53 Å². The van der Waals surface area contributed by atoms with Crippen LogP contribution >= 0.6 is 11.8 Å². The summed E-state index contributed by atoms with van der Waals surface area (Å²) in [6.45, 7) is 1.37. The van der Waals surface area contributed by atoms with Gasteiger partial charge in [0.1, 0.15) is 5.82 Å². The van der Waals surface area contributed by atoms with E-state index in [0.29, 0.717) is 30.0 Å². The first-order valence-electron chi connectivity index (χ1n) is 10.4. The number of para-hydroxylation sites is 1. The molecule has 2 aromatic rings. The monoisotopic (exact) mass is 398 g/mol. The third kappa shape index (κ3) is 3.70. The van der Waals surface area contributed by atoms with Gasteiger partial charge in [-0.05, 0) is 37.8 Å². The van der Waals surface area contributed by atoms with E-state index in [-0.39, 0.29) is 18.1 Å². The zero-order valence-corrected chi connectivity index (χ0v) is 16.8. The number of ether oxygens (including phenoxy) is 1. The smallest absolute Gasteiger partial charge is 0.233 e. The fourth-order valence-corrected chi connectivity index (χ4v) is 5.06. The second kappa shape index (κ2) is 7.87. The fourth-order valence-electron chi connectivity index (χ4n) is 4.35. The molecule has 28 heavy (non-hydrogen) atoms. The SMILES string of the molecule is O=C(CSc1nc(C2CC2)n(-c2ccccc2)n1)N1CCOC2CCCCC21. The lowest BCUT2D eigenvalue weighted by Crippen LogP contribution is -2.55. The summed E-state index contributed by atoms with van der Waals surface area (Å²) in [7, 11) is 0. The molecular weight excluding hydrogens is 372 g/mol. The van der Waals surface area contributed by atoms with Crippen LogP contribution in [0.5, 0.6) is 0 Å². The van der Waals surface area contributed by atoms with E-state index in [1.807, 2.05) is 22.9 Å². The van der Waals surface area contributed by atoms with Crippen LogP contribution in [0.1, 0.15) is 50.3 Å². The minimum atomic E-state index is 0.189. The molecule has 1 amide bonds. The van der Waals surface area contributed by atoms with Crippen molar-refractivity contribution in [3.63, 3.8) is 0 Å². The lowest BCUT2D eigenvalue weighted by atomic mass is 9.90. The number of thioether (sulfide) groups is 1. The Hall–Kier alpha value is -1.86. The Kier molecular flexibility index (Phi) is 5.11. The van der Waals surface area contributed by atoms with Crippen molar-refractivity contribution in [1.29, 1.82) is 0 Å². The van der Waals surface area contributed by atoms with Gasteiger partial charge < -0.3 is 9.64 Å². The minimum Gasteiger partial charge on any atom is -0.374 e. The Bertz CT molecular complexity index is 834. The Morgan fingerprint density at radius 3 is 2.79 bits per heavy atom. The molecule has 0 N–H and O–H groups in total. The van der Waals surface area contributed by atoms with Crippen molar-refractivity contribution in [2.24, 2.45) is 0 Å². The number of aromatic nitrogens is 3. The molecule has 2 unspecified atom stereocenters. The summed E-state index contributed by atoms with van der Waals surface area (Å²) in [5.41, 5.74) is 1.04. The average molecular weight is 399 g/mol. The predicted octanol–water partition coefficient (Wildman–Crippen LogP) is 3.41. The van der Waals surface area contributed by atoms with E-state index in [1.54, 1.807) is 0 Å². The van der Waals surface area contributed by atoms with E-state index < -0.39 is 0 Å². The van der Waals surface area contributed by atoms with Gasteiger partial charge in [0.05, 0.1) is 30.2 Å². The van der Waals surface area contributed by atoms with Gasteiger partial charge in [0.2, 0.25) is 11.1 Å². The van der Waals surface area contributed by atoms with Crippen LogP contribution in [0.25, 0.3) is 5.69 Å². The van der Waals surface area contributed by atoms with E-state index in [4.69, 9.17) is 14.8 Å². The second-order valence-corrected chi connectivity index (χ2v) is 8.85. The van der Waals surface area contributed by atoms with E-state index in [9.17, 15) is 4.79 Å². The van der Waals surface area contributed by atoms with Crippen LogP contribution in [0, 0.1) is 0 Å². The topological polar surface area (TPSA) is 60.2 Å². The van der Waals surface area contributed by atoms with Crippen molar-refractivity contribution in [3.8, 4) is 5.69 Å². The van der Waals surface area contributed by atoms with E-state index >= 15 is 0 Å². The summed E-state index contributed by atoms with van der Waals surface area (Å²) in [4.78, 5) is 19.7. The van der Waals surface area contributed by atoms with Gasteiger partial charge in [0.25, 0.3) is 0 Å². The first-order chi connectivity index (χ1) is 13.8. The zero-order valence-electron chi connectivity index (χ0n) is 16.0. The van der Waals surface area contributed by atoms with Gasteiger partial charge >= 0.3 is 0 Å². The number of carbonyl (C=O) groups excluding carboxylic acids is 1. The molecule has 2 atom stereocenters. The standard InChI is InChI=1S/C21H26N4O2S/c26-19(24-12-13-27-18-9-5-4-8-17(18)24)14-28-21-22-20(15-10-11-15)25(23-21)16-6-2-1-3-7-16/h1-3,6-7,15,17-18H,4-5,8-14H2. The third-order valence-corrected chi connectivity index (χ3v) is 6.76. The molecule has 0 radical (unpaired) electrons. The highest BCUT2D eigenvalue weighted by Crippen LogP contribution is 2.40. The number of amides is 1. The maximum absolute atomic E-state index is 12.9. The molecule has 1 aliphatic heterocycles. The van der Waals surface area contributed by atoms with E-state index in [1.165, 1.54) is 37.4 Å². The molecular formula is C21H26N4O2S. The molecule has 1 aromatic carbocycles. The maximum Gasteiger partial charge on any atom is 0.233 e. The van der Waals surface area contributed by atoms with Gasteiger partial charge in [-0.15, -0.1) is 5.10 Å². The average Bonchev–Trinajstić information content (AvgIpc) is 3.51. The van der Waals surface area contributed by atoms with Crippen LogP contribution in [0.3, 0.4) is 0 Å². The first kappa shape index (κ1) is 18.2. The number of nitrogens with zero attached hydrogens (tertiary/aromatic N) is 4. The van der Waals surface area contributed by atoms with Gasteiger partial charge in [0, 0.05) is 12.5 Å². The molecule has 2 saturated carbocycles. The van der Waals surface area contributed by atoms with Crippen LogP contribution in [0.15, 0.2) is 35.5 Å². The number of morpholine rings is 1. The lowest BCUT2D eigenvalue weighted by molar-refractivity contribution is -0.146. The second-order valence-electron chi connectivity index (χ2n) is 7.91. The zero-order chi connectivity index (χ0) is 18.9. The molecule has 3 fully saturated rings. The number of hydrogen-bond acceptors (Lipinski definition) is 5. The summed E-state index contributed by atoms with van der Waals surface area (Å²) >= 11 is 1.46. The summed E-state index contributed by atoms with van der Waals surface area (Å²) in [6, 6.07) is 10.4.